The van der Waals surface area contributed by atoms with Gasteiger partial charge in [-0.15, -0.1) is 0 Å². The molecule has 0 aromatic heterocycles. The van der Waals surface area contributed by atoms with Crippen molar-refractivity contribution in [3.63, 3.8) is 0 Å². The molecule has 0 saturated carbocycles. The quantitative estimate of drug-likeness (QED) is 0.425. The number of benzene rings is 1. The number of nitrogens with zero attached hydrogens (tertiary/aromatic N) is 1. The Morgan fingerprint density at radius 3 is 2.75 bits per heavy atom. The molecule has 0 fully saturated rings. The molecule has 0 saturated heterocycles. The fourth-order valence-corrected chi connectivity index (χ4v) is 1.73. The predicted octanol–water partition coefficient (Wildman–Crippen LogP) is 4.01. The minimum absolute atomic E-state index is 0.130. The van der Waals surface area contributed by atoms with E-state index >= 15 is 0 Å². The van der Waals surface area contributed by atoms with Crippen LogP contribution in [0.3, 0.4) is 0 Å². The summed E-state index contributed by atoms with van der Waals surface area (Å²) in [5.41, 5.74) is -0.103. The molecular formula is C13H18ClFN2O3. The monoisotopic (exact) mass is 304 g/mol. The summed E-state index contributed by atoms with van der Waals surface area (Å²) < 4.78 is 18.7. The van der Waals surface area contributed by atoms with Gasteiger partial charge in [-0.2, -0.15) is 0 Å². The van der Waals surface area contributed by atoms with E-state index in [0.717, 1.165) is 25.0 Å². The number of halogens is 2. The Labute approximate surface area is 122 Å². The molecule has 5 nitrogen and oxygen atoms in total. The zero-order valence-corrected chi connectivity index (χ0v) is 12.1. The van der Waals surface area contributed by atoms with E-state index in [1.807, 2.05) is 0 Å². The number of hydrogen-bond acceptors (Lipinski definition) is 4. The van der Waals surface area contributed by atoms with Gasteiger partial charge in [-0.25, -0.2) is 4.39 Å². The lowest BCUT2D eigenvalue weighted by molar-refractivity contribution is -0.384. The van der Waals surface area contributed by atoms with E-state index in [4.69, 9.17) is 16.3 Å². The summed E-state index contributed by atoms with van der Waals surface area (Å²) in [5, 5.41) is 13.4. The second kappa shape index (κ2) is 8.71. The van der Waals surface area contributed by atoms with Crippen molar-refractivity contribution < 1.29 is 14.1 Å². The van der Waals surface area contributed by atoms with E-state index in [0.29, 0.717) is 26.2 Å². The summed E-state index contributed by atoms with van der Waals surface area (Å²) in [6.07, 6.45) is 2.78. The molecule has 0 aliphatic rings. The third kappa shape index (κ3) is 5.30. The summed E-state index contributed by atoms with van der Waals surface area (Å²) >= 11 is 5.53. The predicted molar refractivity (Wildman–Crippen MR) is 76.9 cm³/mol. The summed E-state index contributed by atoms with van der Waals surface area (Å²) in [6.45, 7) is 3.83. The van der Waals surface area contributed by atoms with Crippen LogP contribution in [0.2, 0.25) is 5.02 Å². The SMILES string of the molecule is CCCCOCCCNc1cc(F)c(Cl)cc1[N+](=O)[O-]. The highest BCUT2D eigenvalue weighted by Crippen LogP contribution is 2.30. The van der Waals surface area contributed by atoms with Gasteiger partial charge in [-0.1, -0.05) is 24.9 Å². The standard InChI is InChI=1S/C13H18ClFN2O3/c1-2-3-6-20-7-4-5-16-12-9-11(15)10(14)8-13(12)17(18)19/h8-9,16H,2-7H2,1H3. The second-order valence-electron chi connectivity index (χ2n) is 4.29. The zero-order chi connectivity index (χ0) is 15.0. The number of hydrogen-bond donors (Lipinski definition) is 1. The topological polar surface area (TPSA) is 64.4 Å². The largest absolute Gasteiger partial charge is 0.381 e. The van der Waals surface area contributed by atoms with Gasteiger partial charge in [-0.3, -0.25) is 10.1 Å². The van der Waals surface area contributed by atoms with Gasteiger partial charge in [0.05, 0.1) is 9.95 Å². The van der Waals surface area contributed by atoms with Gasteiger partial charge >= 0.3 is 0 Å². The highest BCUT2D eigenvalue weighted by molar-refractivity contribution is 6.31. The Morgan fingerprint density at radius 1 is 1.40 bits per heavy atom. The number of rotatable bonds is 9. The van der Waals surface area contributed by atoms with Gasteiger partial charge in [0.15, 0.2) is 0 Å². The van der Waals surface area contributed by atoms with Crippen molar-refractivity contribution in [1.29, 1.82) is 0 Å². The molecule has 0 heterocycles. The van der Waals surface area contributed by atoms with Crippen molar-refractivity contribution in [3.05, 3.63) is 33.1 Å². The zero-order valence-electron chi connectivity index (χ0n) is 11.3. The van der Waals surface area contributed by atoms with E-state index in [9.17, 15) is 14.5 Å². The molecule has 0 bridgehead atoms. The molecule has 1 aromatic rings. The van der Waals surface area contributed by atoms with Gasteiger partial charge in [0, 0.05) is 31.9 Å². The van der Waals surface area contributed by atoms with Crippen LogP contribution in [0, 0.1) is 15.9 Å². The number of nitrogens with one attached hydrogen (secondary N) is 1. The molecule has 1 N–H and O–H groups in total. The average molecular weight is 305 g/mol. The highest BCUT2D eigenvalue weighted by Gasteiger charge is 2.17. The van der Waals surface area contributed by atoms with Crippen LogP contribution >= 0.6 is 11.6 Å². The first-order chi connectivity index (χ1) is 9.56. The Bertz CT molecular complexity index is 457. The van der Waals surface area contributed by atoms with Crippen molar-refractivity contribution >= 4 is 23.0 Å². The van der Waals surface area contributed by atoms with Crippen molar-refractivity contribution in [2.75, 3.05) is 25.1 Å². The van der Waals surface area contributed by atoms with Crippen LogP contribution < -0.4 is 5.32 Å². The summed E-state index contributed by atoms with van der Waals surface area (Å²) in [4.78, 5) is 10.3. The fourth-order valence-electron chi connectivity index (χ4n) is 1.57. The molecule has 20 heavy (non-hydrogen) atoms. The molecule has 0 radical (unpaired) electrons. The van der Waals surface area contributed by atoms with Crippen LogP contribution in [0.5, 0.6) is 0 Å². The average Bonchev–Trinajstić information content (AvgIpc) is 2.41. The number of ether oxygens (including phenoxy) is 1. The molecule has 0 aliphatic heterocycles. The van der Waals surface area contributed by atoms with E-state index < -0.39 is 10.7 Å². The molecule has 0 amide bonds. The minimum Gasteiger partial charge on any atom is -0.381 e. The Hall–Kier alpha value is -1.40. The van der Waals surface area contributed by atoms with Crippen LogP contribution in [0.1, 0.15) is 26.2 Å². The number of anilines is 1. The highest BCUT2D eigenvalue weighted by atomic mass is 35.5. The first-order valence-electron chi connectivity index (χ1n) is 6.51. The van der Waals surface area contributed by atoms with E-state index in [2.05, 4.69) is 12.2 Å². The van der Waals surface area contributed by atoms with Crippen LogP contribution in [-0.4, -0.2) is 24.7 Å². The molecule has 1 rings (SSSR count). The van der Waals surface area contributed by atoms with E-state index in [1.54, 1.807) is 0 Å². The van der Waals surface area contributed by atoms with Gasteiger partial charge < -0.3 is 10.1 Å². The molecule has 112 valence electrons. The lowest BCUT2D eigenvalue weighted by atomic mass is 10.2. The molecule has 0 aliphatic carbocycles. The van der Waals surface area contributed by atoms with Crippen LogP contribution in [0.4, 0.5) is 15.8 Å². The van der Waals surface area contributed by atoms with Crippen molar-refractivity contribution in [2.24, 2.45) is 0 Å². The van der Waals surface area contributed by atoms with E-state index in [-0.39, 0.29) is 16.4 Å². The van der Waals surface area contributed by atoms with Crippen LogP contribution in [0.15, 0.2) is 12.1 Å². The summed E-state index contributed by atoms with van der Waals surface area (Å²) in [6, 6.07) is 2.05. The van der Waals surface area contributed by atoms with Gasteiger partial charge in [-0.05, 0) is 12.8 Å². The third-order valence-corrected chi connectivity index (χ3v) is 2.95. The fraction of sp³-hybridized carbons (Fsp3) is 0.538. The summed E-state index contributed by atoms with van der Waals surface area (Å²) in [5.74, 6) is -0.682. The Morgan fingerprint density at radius 2 is 2.10 bits per heavy atom. The first kappa shape index (κ1) is 16.7. The molecule has 7 heteroatoms. The van der Waals surface area contributed by atoms with Gasteiger partial charge in [0.2, 0.25) is 0 Å². The maximum absolute atomic E-state index is 13.3. The van der Waals surface area contributed by atoms with Gasteiger partial charge in [0.1, 0.15) is 11.5 Å². The first-order valence-corrected chi connectivity index (χ1v) is 6.89. The van der Waals surface area contributed by atoms with Crippen molar-refractivity contribution in [2.45, 2.75) is 26.2 Å². The summed E-state index contributed by atoms with van der Waals surface area (Å²) in [7, 11) is 0. The Kier molecular flexibility index (Phi) is 7.25. The van der Waals surface area contributed by atoms with E-state index in [1.165, 1.54) is 0 Å². The Balaban J connectivity index is 2.47. The van der Waals surface area contributed by atoms with Crippen molar-refractivity contribution in [3.8, 4) is 0 Å². The maximum atomic E-state index is 13.3. The second-order valence-corrected chi connectivity index (χ2v) is 4.69. The normalized spacial score (nSPS) is 10.6. The molecule has 0 unspecified atom stereocenters. The number of unbranched alkanes of at least 4 members (excludes halogenated alkanes) is 1. The third-order valence-electron chi connectivity index (χ3n) is 2.66. The maximum Gasteiger partial charge on any atom is 0.294 e. The smallest absolute Gasteiger partial charge is 0.294 e. The lowest BCUT2D eigenvalue weighted by Gasteiger charge is -2.08. The molecule has 1 aromatic carbocycles. The molecule has 0 atom stereocenters. The number of nitro benzene ring substituents is 1. The van der Waals surface area contributed by atoms with Gasteiger partial charge in [0.25, 0.3) is 5.69 Å². The lowest BCUT2D eigenvalue weighted by Crippen LogP contribution is -2.08. The minimum atomic E-state index is -0.682. The molecular weight excluding hydrogens is 287 g/mol. The van der Waals surface area contributed by atoms with Crippen LogP contribution in [0.25, 0.3) is 0 Å². The number of nitro groups is 1. The molecule has 0 spiro atoms. The van der Waals surface area contributed by atoms with Crippen LogP contribution in [-0.2, 0) is 4.74 Å². The van der Waals surface area contributed by atoms with Crippen molar-refractivity contribution in [1.82, 2.24) is 0 Å².